The molecule has 0 saturated carbocycles. The highest BCUT2D eigenvalue weighted by molar-refractivity contribution is 4.90. The normalized spacial score (nSPS) is 13.1. The molecule has 16 heavy (non-hydrogen) atoms. The molecular weight excluding hydrogens is 198 g/mol. The molecule has 3 heteroatoms. The maximum atomic E-state index is 9.00. The van der Waals surface area contributed by atoms with Crippen LogP contribution in [0, 0.1) is 11.3 Å². The summed E-state index contributed by atoms with van der Waals surface area (Å²) in [6, 6.07) is 2.92. The van der Waals surface area contributed by atoms with Crippen LogP contribution in [0.15, 0.2) is 0 Å². The largest absolute Gasteiger partial charge is 0.302 e. The Morgan fingerprint density at radius 2 is 1.88 bits per heavy atom. The van der Waals surface area contributed by atoms with Crippen LogP contribution in [0.1, 0.15) is 47.0 Å². The van der Waals surface area contributed by atoms with E-state index in [0.717, 1.165) is 32.5 Å². The minimum atomic E-state index is 0.0121. The van der Waals surface area contributed by atoms with Crippen molar-refractivity contribution >= 4 is 0 Å². The van der Waals surface area contributed by atoms with E-state index in [1.54, 1.807) is 0 Å². The summed E-state index contributed by atoms with van der Waals surface area (Å²) in [7, 11) is 0. The maximum absolute atomic E-state index is 9.00. The van der Waals surface area contributed by atoms with Crippen molar-refractivity contribution in [3.8, 4) is 6.07 Å². The first-order valence-corrected chi connectivity index (χ1v) is 6.52. The van der Waals surface area contributed by atoms with Crippen LogP contribution in [0.2, 0.25) is 0 Å². The van der Waals surface area contributed by atoms with Crippen molar-refractivity contribution in [1.82, 2.24) is 10.2 Å². The van der Waals surface area contributed by atoms with Crippen LogP contribution in [0.4, 0.5) is 0 Å². The minimum absolute atomic E-state index is 0.0121. The topological polar surface area (TPSA) is 39.1 Å². The summed E-state index contributed by atoms with van der Waals surface area (Å²) in [5.74, 6) is 0. The van der Waals surface area contributed by atoms with Gasteiger partial charge >= 0.3 is 0 Å². The van der Waals surface area contributed by atoms with E-state index >= 15 is 0 Å². The quantitative estimate of drug-likeness (QED) is 0.655. The van der Waals surface area contributed by atoms with E-state index < -0.39 is 0 Å². The molecule has 0 aromatic carbocycles. The van der Waals surface area contributed by atoms with Gasteiger partial charge in [0.2, 0.25) is 0 Å². The molecule has 0 bridgehead atoms. The van der Waals surface area contributed by atoms with Gasteiger partial charge in [0.1, 0.15) is 0 Å². The van der Waals surface area contributed by atoms with Gasteiger partial charge in [-0.2, -0.15) is 5.26 Å². The SMILES string of the molecule is CCCNC(C#N)CCN(CCC)C(C)C. The molecular formula is C13H27N3. The second-order valence-electron chi connectivity index (χ2n) is 4.55. The van der Waals surface area contributed by atoms with E-state index in [-0.39, 0.29) is 6.04 Å². The highest BCUT2D eigenvalue weighted by Crippen LogP contribution is 2.03. The molecule has 1 N–H and O–H groups in total. The second-order valence-corrected chi connectivity index (χ2v) is 4.55. The first-order valence-electron chi connectivity index (χ1n) is 6.52. The van der Waals surface area contributed by atoms with Crippen LogP contribution in [-0.2, 0) is 0 Å². The number of nitrogens with zero attached hydrogens (tertiary/aromatic N) is 2. The Labute approximate surface area is 101 Å². The van der Waals surface area contributed by atoms with E-state index in [9.17, 15) is 0 Å². The number of hydrogen-bond donors (Lipinski definition) is 1. The lowest BCUT2D eigenvalue weighted by atomic mass is 10.2. The molecule has 0 aromatic rings. The van der Waals surface area contributed by atoms with Crippen LogP contribution in [0.25, 0.3) is 0 Å². The smallest absolute Gasteiger partial charge is 0.0965 e. The Kier molecular flexibility index (Phi) is 9.27. The Morgan fingerprint density at radius 1 is 1.19 bits per heavy atom. The lowest BCUT2D eigenvalue weighted by Gasteiger charge is -2.26. The van der Waals surface area contributed by atoms with Crippen molar-refractivity contribution in [3.05, 3.63) is 0 Å². The van der Waals surface area contributed by atoms with E-state index in [1.165, 1.54) is 6.42 Å². The molecule has 0 amide bonds. The van der Waals surface area contributed by atoms with Gasteiger partial charge in [-0.1, -0.05) is 13.8 Å². The molecule has 94 valence electrons. The molecule has 0 heterocycles. The van der Waals surface area contributed by atoms with E-state index in [0.29, 0.717) is 6.04 Å². The van der Waals surface area contributed by atoms with Crippen LogP contribution >= 0.6 is 0 Å². The number of nitriles is 1. The van der Waals surface area contributed by atoms with Crippen molar-refractivity contribution in [2.75, 3.05) is 19.6 Å². The third-order valence-electron chi connectivity index (χ3n) is 2.74. The summed E-state index contributed by atoms with van der Waals surface area (Å²) in [6.45, 7) is 11.8. The fourth-order valence-corrected chi connectivity index (χ4v) is 1.74. The lowest BCUT2D eigenvalue weighted by Crippen LogP contribution is -2.37. The first-order chi connectivity index (χ1) is 7.65. The fourth-order valence-electron chi connectivity index (χ4n) is 1.74. The molecule has 3 nitrogen and oxygen atoms in total. The van der Waals surface area contributed by atoms with Gasteiger partial charge in [-0.05, 0) is 46.2 Å². The van der Waals surface area contributed by atoms with E-state index in [2.05, 4.69) is 44.0 Å². The molecule has 0 aliphatic carbocycles. The van der Waals surface area contributed by atoms with Gasteiger partial charge in [-0.15, -0.1) is 0 Å². The fraction of sp³-hybridized carbons (Fsp3) is 0.923. The molecule has 0 aromatic heterocycles. The van der Waals surface area contributed by atoms with Gasteiger partial charge in [0.05, 0.1) is 12.1 Å². The average molecular weight is 225 g/mol. The summed E-state index contributed by atoms with van der Waals surface area (Å²) in [5, 5.41) is 12.3. The Balaban J connectivity index is 3.92. The Morgan fingerprint density at radius 3 is 2.31 bits per heavy atom. The zero-order valence-corrected chi connectivity index (χ0v) is 11.3. The molecule has 0 saturated heterocycles. The standard InChI is InChI=1S/C13H27N3/c1-5-8-15-13(11-14)7-10-16(9-6-2)12(3)4/h12-13,15H,5-10H2,1-4H3. The van der Waals surface area contributed by atoms with Crippen LogP contribution in [0.5, 0.6) is 0 Å². The Bertz CT molecular complexity index is 196. The van der Waals surface area contributed by atoms with Gasteiger partial charge in [0.15, 0.2) is 0 Å². The third kappa shape index (κ3) is 6.81. The number of rotatable bonds is 9. The molecule has 0 aliphatic rings. The predicted molar refractivity (Wildman–Crippen MR) is 69.3 cm³/mol. The predicted octanol–water partition coefficient (Wildman–Crippen LogP) is 2.39. The third-order valence-corrected chi connectivity index (χ3v) is 2.74. The van der Waals surface area contributed by atoms with Crippen molar-refractivity contribution in [2.45, 2.75) is 59.0 Å². The van der Waals surface area contributed by atoms with Crippen LogP contribution in [-0.4, -0.2) is 36.6 Å². The van der Waals surface area contributed by atoms with Gasteiger partial charge < -0.3 is 10.2 Å². The van der Waals surface area contributed by atoms with Gasteiger partial charge in [0.25, 0.3) is 0 Å². The monoisotopic (exact) mass is 225 g/mol. The molecule has 1 unspecified atom stereocenters. The number of hydrogen-bond acceptors (Lipinski definition) is 3. The minimum Gasteiger partial charge on any atom is -0.302 e. The van der Waals surface area contributed by atoms with Gasteiger partial charge in [-0.3, -0.25) is 0 Å². The number of nitrogens with one attached hydrogen (secondary N) is 1. The lowest BCUT2D eigenvalue weighted by molar-refractivity contribution is 0.214. The summed E-state index contributed by atoms with van der Waals surface area (Å²) in [6.07, 6.45) is 3.19. The maximum Gasteiger partial charge on any atom is 0.0965 e. The summed E-state index contributed by atoms with van der Waals surface area (Å²) < 4.78 is 0. The van der Waals surface area contributed by atoms with Crippen LogP contribution in [0.3, 0.4) is 0 Å². The zero-order chi connectivity index (χ0) is 12.4. The van der Waals surface area contributed by atoms with Crippen molar-refractivity contribution < 1.29 is 0 Å². The van der Waals surface area contributed by atoms with Crippen molar-refractivity contribution in [1.29, 1.82) is 5.26 Å². The Hall–Kier alpha value is -0.590. The molecule has 0 radical (unpaired) electrons. The second kappa shape index (κ2) is 9.62. The molecule has 1 atom stereocenters. The first kappa shape index (κ1) is 15.4. The highest BCUT2D eigenvalue weighted by Gasteiger charge is 2.11. The molecule has 0 rings (SSSR count). The molecule has 0 spiro atoms. The highest BCUT2D eigenvalue weighted by atomic mass is 15.1. The average Bonchev–Trinajstić information content (AvgIpc) is 2.27. The summed E-state index contributed by atoms with van der Waals surface area (Å²) >= 11 is 0. The summed E-state index contributed by atoms with van der Waals surface area (Å²) in [4.78, 5) is 2.44. The zero-order valence-electron chi connectivity index (χ0n) is 11.3. The van der Waals surface area contributed by atoms with E-state index in [4.69, 9.17) is 5.26 Å². The molecule has 0 fully saturated rings. The van der Waals surface area contributed by atoms with Crippen molar-refractivity contribution in [3.63, 3.8) is 0 Å². The van der Waals surface area contributed by atoms with Gasteiger partial charge in [0, 0.05) is 12.6 Å². The van der Waals surface area contributed by atoms with Crippen LogP contribution < -0.4 is 5.32 Å². The van der Waals surface area contributed by atoms with Crippen molar-refractivity contribution in [2.24, 2.45) is 0 Å². The summed E-state index contributed by atoms with van der Waals surface area (Å²) in [5.41, 5.74) is 0. The van der Waals surface area contributed by atoms with Gasteiger partial charge in [-0.25, -0.2) is 0 Å². The molecule has 0 aliphatic heterocycles. The van der Waals surface area contributed by atoms with E-state index in [1.807, 2.05) is 0 Å².